The molecule has 0 aliphatic carbocycles. The Balaban J connectivity index is 1.84. The number of likely N-dealkylation sites (N-methyl/N-ethyl adjacent to an activating group) is 2. The van der Waals surface area contributed by atoms with Crippen molar-refractivity contribution in [2.45, 2.75) is 12.6 Å². The van der Waals surface area contributed by atoms with Crippen LogP contribution in [0.3, 0.4) is 0 Å². The summed E-state index contributed by atoms with van der Waals surface area (Å²) >= 11 is 0. The number of carbonyl (C=O) groups is 1. The van der Waals surface area contributed by atoms with Crippen LogP contribution in [-0.2, 0) is 11.3 Å². The molecule has 0 saturated carbocycles. The number of benzene rings is 2. The summed E-state index contributed by atoms with van der Waals surface area (Å²) in [6, 6.07) is 17.1. The van der Waals surface area contributed by atoms with Crippen LogP contribution in [0.15, 0.2) is 59.4 Å². The number of hydrogen-bond acceptors (Lipinski definition) is 3. The fourth-order valence-electron chi connectivity index (χ4n) is 3.11. The van der Waals surface area contributed by atoms with Gasteiger partial charge >= 0.3 is 0 Å². The number of H-pyrrole nitrogens is 1. The molecular formula is C20H24N4O2. The standard InChI is InChI=1S/C20H24N4O2/c1-22(2)13-18(15-9-5-4-6-10-15)23(3)19(25)14-24-20(26)16-11-7-8-12-17(16)21-24/h4-12,18,21H,13-14H2,1-3H3/t18-/m1/s1. The van der Waals surface area contributed by atoms with Gasteiger partial charge < -0.3 is 9.80 Å². The van der Waals surface area contributed by atoms with E-state index in [-0.39, 0.29) is 24.1 Å². The van der Waals surface area contributed by atoms with Gasteiger partial charge in [0.2, 0.25) is 5.91 Å². The molecule has 0 radical (unpaired) electrons. The molecule has 1 heterocycles. The summed E-state index contributed by atoms with van der Waals surface area (Å²) < 4.78 is 1.38. The number of rotatable bonds is 6. The number of nitrogens with zero attached hydrogens (tertiary/aromatic N) is 3. The van der Waals surface area contributed by atoms with E-state index in [0.29, 0.717) is 11.9 Å². The van der Waals surface area contributed by atoms with Gasteiger partial charge in [-0.15, -0.1) is 0 Å². The first-order valence-electron chi connectivity index (χ1n) is 8.60. The van der Waals surface area contributed by atoms with Crippen molar-refractivity contribution in [1.29, 1.82) is 0 Å². The van der Waals surface area contributed by atoms with Crippen LogP contribution in [0.1, 0.15) is 11.6 Å². The lowest BCUT2D eigenvalue weighted by molar-refractivity contribution is -0.133. The molecule has 2 aromatic carbocycles. The summed E-state index contributed by atoms with van der Waals surface area (Å²) in [6.07, 6.45) is 0. The van der Waals surface area contributed by atoms with Crippen molar-refractivity contribution >= 4 is 16.8 Å². The fraction of sp³-hybridized carbons (Fsp3) is 0.300. The molecule has 1 amide bonds. The molecule has 6 heteroatoms. The van der Waals surface area contributed by atoms with Crippen molar-refractivity contribution in [3.05, 3.63) is 70.5 Å². The maximum Gasteiger partial charge on any atom is 0.274 e. The molecule has 0 saturated heterocycles. The Bertz CT molecular complexity index is 943. The van der Waals surface area contributed by atoms with Crippen LogP contribution in [0.25, 0.3) is 10.9 Å². The molecule has 1 N–H and O–H groups in total. The van der Waals surface area contributed by atoms with Crippen LogP contribution in [0, 0.1) is 0 Å². The second kappa shape index (κ2) is 7.58. The molecule has 0 aliphatic rings. The first-order chi connectivity index (χ1) is 12.5. The highest BCUT2D eigenvalue weighted by Gasteiger charge is 2.23. The minimum absolute atomic E-state index is 0.0131. The maximum atomic E-state index is 12.9. The van der Waals surface area contributed by atoms with E-state index in [1.807, 2.05) is 62.6 Å². The van der Waals surface area contributed by atoms with Gasteiger partial charge in [0.1, 0.15) is 6.54 Å². The summed E-state index contributed by atoms with van der Waals surface area (Å²) in [7, 11) is 5.75. The molecule has 1 aromatic heterocycles. The lowest BCUT2D eigenvalue weighted by atomic mass is 10.1. The van der Waals surface area contributed by atoms with Crippen molar-refractivity contribution in [1.82, 2.24) is 19.6 Å². The largest absolute Gasteiger partial charge is 0.336 e. The van der Waals surface area contributed by atoms with Crippen molar-refractivity contribution in [2.75, 3.05) is 27.7 Å². The zero-order valence-corrected chi connectivity index (χ0v) is 15.3. The van der Waals surface area contributed by atoms with Gasteiger partial charge in [0, 0.05) is 13.6 Å². The second-order valence-corrected chi connectivity index (χ2v) is 6.74. The van der Waals surface area contributed by atoms with Gasteiger partial charge in [-0.25, -0.2) is 4.68 Å². The third-order valence-electron chi connectivity index (χ3n) is 4.53. The van der Waals surface area contributed by atoms with Crippen LogP contribution >= 0.6 is 0 Å². The smallest absolute Gasteiger partial charge is 0.274 e. The maximum absolute atomic E-state index is 12.9. The molecule has 3 aromatic rings. The van der Waals surface area contributed by atoms with E-state index in [9.17, 15) is 9.59 Å². The summed E-state index contributed by atoms with van der Waals surface area (Å²) in [6.45, 7) is 0.689. The predicted molar refractivity (Wildman–Crippen MR) is 103 cm³/mol. The minimum atomic E-state index is -0.175. The molecule has 136 valence electrons. The molecule has 0 spiro atoms. The van der Waals surface area contributed by atoms with Gasteiger partial charge in [0.15, 0.2) is 0 Å². The van der Waals surface area contributed by atoms with Crippen LogP contribution in [-0.4, -0.2) is 53.2 Å². The first-order valence-corrected chi connectivity index (χ1v) is 8.60. The zero-order valence-electron chi connectivity index (χ0n) is 15.3. The Hall–Kier alpha value is -2.86. The normalized spacial score (nSPS) is 12.5. The van der Waals surface area contributed by atoms with Crippen LogP contribution in [0.5, 0.6) is 0 Å². The lowest BCUT2D eigenvalue weighted by Gasteiger charge is -2.31. The molecule has 0 aliphatic heterocycles. The van der Waals surface area contributed by atoms with E-state index in [4.69, 9.17) is 0 Å². The van der Waals surface area contributed by atoms with Crippen LogP contribution in [0.2, 0.25) is 0 Å². The number of amides is 1. The zero-order chi connectivity index (χ0) is 18.7. The quantitative estimate of drug-likeness (QED) is 0.739. The summed E-state index contributed by atoms with van der Waals surface area (Å²) in [5.74, 6) is -0.116. The van der Waals surface area contributed by atoms with Crippen molar-refractivity contribution in [3.63, 3.8) is 0 Å². The molecule has 0 bridgehead atoms. The number of carbonyl (C=O) groups excluding carboxylic acids is 1. The Kier molecular flexibility index (Phi) is 5.23. The molecule has 3 rings (SSSR count). The average molecular weight is 352 g/mol. The van der Waals surface area contributed by atoms with Crippen molar-refractivity contribution in [2.24, 2.45) is 0 Å². The Morgan fingerprint density at radius 3 is 2.35 bits per heavy atom. The number of para-hydroxylation sites is 1. The SMILES string of the molecule is CN(C)C[C@H](c1ccccc1)N(C)C(=O)Cn1[nH]c2ccccc2c1=O. The monoisotopic (exact) mass is 352 g/mol. The highest BCUT2D eigenvalue weighted by molar-refractivity contribution is 5.80. The highest BCUT2D eigenvalue weighted by atomic mass is 16.2. The fourth-order valence-corrected chi connectivity index (χ4v) is 3.11. The number of aromatic amines is 1. The third-order valence-corrected chi connectivity index (χ3v) is 4.53. The third kappa shape index (κ3) is 3.70. The van der Waals surface area contributed by atoms with E-state index < -0.39 is 0 Å². The summed E-state index contributed by atoms with van der Waals surface area (Å²) in [5.41, 5.74) is 1.63. The van der Waals surface area contributed by atoms with Crippen molar-refractivity contribution < 1.29 is 4.79 Å². The van der Waals surface area contributed by atoms with Crippen LogP contribution < -0.4 is 5.56 Å². The molecule has 1 atom stereocenters. The Morgan fingerprint density at radius 2 is 1.69 bits per heavy atom. The van der Waals surface area contributed by atoms with Gasteiger partial charge in [-0.1, -0.05) is 42.5 Å². The van der Waals surface area contributed by atoms with Gasteiger partial charge in [0.25, 0.3) is 5.56 Å². The molecular weight excluding hydrogens is 328 g/mol. The highest BCUT2D eigenvalue weighted by Crippen LogP contribution is 2.20. The van der Waals surface area contributed by atoms with E-state index in [1.165, 1.54) is 4.68 Å². The van der Waals surface area contributed by atoms with E-state index >= 15 is 0 Å². The number of hydrogen-bond donors (Lipinski definition) is 1. The average Bonchev–Trinajstić information content (AvgIpc) is 2.95. The lowest BCUT2D eigenvalue weighted by Crippen LogP contribution is -2.40. The molecule has 26 heavy (non-hydrogen) atoms. The predicted octanol–water partition coefficient (Wildman–Crippen LogP) is 2.09. The van der Waals surface area contributed by atoms with Gasteiger partial charge in [-0.05, 0) is 31.8 Å². The summed E-state index contributed by atoms with van der Waals surface area (Å²) in [4.78, 5) is 29.1. The number of aromatic nitrogens is 2. The Labute approximate surface area is 152 Å². The Morgan fingerprint density at radius 1 is 1.04 bits per heavy atom. The second-order valence-electron chi connectivity index (χ2n) is 6.74. The van der Waals surface area contributed by atoms with Gasteiger partial charge in [-0.2, -0.15) is 0 Å². The van der Waals surface area contributed by atoms with E-state index in [0.717, 1.165) is 11.1 Å². The molecule has 0 fully saturated rings. The van der Waals surface area contributed by atoms with Crippen LogP contribution in [0.4, 0.5) is 0 Å². The number of fused-ring (bicyclic) bond motifs is 1. The summed E-state index contributed by atoms with van der Waals surface area (Å²) in [5, 5.41) is 3.61. The molecule has 0 unspecified atom stereocenters. The van der Waals surface area contributed by atoms with Gasteiger partial charge in [-0.3, -0.25) is 14.7 Å². The number of nitrogens with one attached hydrogen (secondary N) is 1. The van der Waals surface area contributed by atoms with E-state index in [2.05, 4.69) is 10.00 Å². The van der Waals surface area contributed by atoms with Gasteiger partial charge in [0.05, 0.1) is 16.9 Å². The first kappa shape index (κ1) is 17.9. The molecule has 6 nitrogen and oxygen atoms in total. The van der Waals surface area contributed by atoms with E-state index in [1.54, 1.807) is 18.0 Å². The minimum Gasteiger partial charge on any atom is -0.336 e. The topological polar surface area (TPSA) is 61.3 Å². The van der Waals surface area contributed by atoms with Crippen molar-refractivity contribution in [3.8, 4) is 0 Å².